The van der Waals surface area contributed by atoms with Crippen molar-refractivity contribution in [2.24, 2.45) is 0 Å². The lowest BCUT2D eigenvalue weighted by Gasteiger charge is -1.91. The molecule has 0 unspecified atom stereocenters. The van der Waals surface area contributed by atoms with Crippen LogP contribution in [-0.2, 0) is 0 Å². The number of aromatic nitrogens is 2. The lowest BCUT2D eigenvalue weighted by molar-refractivity contribution is 0.0659. The van der Waals surface area contributed by atoms with Gasteiger partial charge in [-0.05, 0) is 0 Å². The number of carbonyl (C=O) groups is 1. The molecule has 1 heterocycles. The summed E-state index contributed by atoms with van der Waals surface area (Å²) in [6, 6.07) is 0. The predicted octanol–water partition coefficient (Wildman–Crippen LogP) is 0.312. The van der Waals surface area contributed by atoms with E-state index in [-0.39, 0.29) is 11.8 Å². The number of amides is 1. The fourth-order valence-electron chi connectivity index (χ4n) is 0.609. The van der Waals surface area contributed by atoms with Crippen LogP contribution in [-0.4, -0.2) is 21.3 Å². The van der Waals surface area contributed by atoms with E-state index in [1.807, 2.05) is 13.8 Å². The standard InChI is InChI=1S/C6H9N3O3/c1-3(2)4-7-6(12-9-4)5(10)8-11/h3,11H,1-2H3,(H,8,10). The van der Waals surface area contributed by atoms with Gasteiger partial charge in [-0.3, -0.25) is 10.0 Å². The van der Waals surface area contributed by atoms with E-state index in [0.29, 0.717) is 5.82 Å². The third-order valence-electron chi connectivity index (χ3n) is 1.25. The molecule has 1 amide bonds. The van der Waals surface area contributed by atoms with Crippen LogP contribution >= 0.6 is 0 Å². The highest BCUT2D eigenvalue weighted by Gasteiger charge is 2.15. The number of hydroxylamine groups is 1. The van der Waals surface area contributed by atoms with E-state index >= 15 is 0 Å². The molecule has 1 aromatic rings. The van der Waals surface area contributed by atoms with Gasteiger partial charge in [0.25, 0.3) is 0 Å². The summed E-state index contributed by atoms with van der Waals surface area (Å²) in [4.78, 5) is 14.4. The van der Waals surface area contributed by atoms with E-state index in [4.69, 9.17) is 5.21 Å². The first-order valence-corrected chi connectivity index (χ1v) is 3.43. The van der Waals surface area contributed by atoms with Crippen LogP contribution < -0.4 is 5.48 Å². The summed E-state index contributed by atoms with van der Waals surface area (Å²) in [6.07, 6.45) is 0. The summed E-state index contributed by atoms with van der Waals surface area (Å²) >= 11 is 0. The van der Waals surface area contributed by atoms with Crippen LogP contribution in [0.1, 0.15) is 36.3 Å². The van der Waals surface area contributed by atoms with Gasteiger partial charge >= 0.3 is 11.8 Å². The van der Waals surface area contributed by atoms with Crippen molar-refractivity contribution < 1.29 is 14.5 Å². The SMILES string of the molecule is CC(C)c1noc(C(=O)NO)n1. The quantitative estimate of drug-likeness (QED) is 0.494. The van der Waals surface area contributed by atoms with E-state index in [1.54, 1.807) is 0 Å². The molecule has 66 valence electrons. The molecule has 0 bridgehead atoms. The van der Waals surface area contributed by atoms with Crippen LogP contribution in [0.25, 0.3) is 0 Å². The van der Waals surface area contributed by atoms with Crippen LogP contribution in [0.4, 0.5) is 0 Å². The van der Waals surface area contributed by atoms with Crippen molar-refractivity contribution in [1.29, 1.82) is 0 Å². The highest BCUT2D eigenvalue weighted by atomic mass is 16.5. The second-order valence-electron chi connectivity index (χ2n) is 2.55. The Labute approximate surface area is 68.5 Å². The highest BCUT2D eigenvalue weighted by molar-refractivity contribution is 5.88. The molecule has 6 nitrogen and oxygen atoms in total. The van der Waals surface area contributed by atoms with Crippen LogP contribution in [0.2, 0.25) is 0 Å². The normalized spacial score (nSPS) is 10.3. The molecule has 1 aromatic heterocycles. The number of hydrogen-bond donors (Lipinski definition) is 2. The predicted molar refractivity (Wildman–Crippen MR) is 37.6 cm³/mol. The Balaban J connectivity index is 2.84. The van der Waals surface area contributed by atoms with Crippen molar-refractivity contribution in [2.75, 3.05) is 0 Å². The lowest BCUT2D eigenvalue weighted by Crippen LogP contribution is -2.18. The van der Waals surface area contributed by atoms with Crippen molar-refractivity contribution in [1.82, 2.24) is 15.6 Å². The van der Waals surface area contributed by atoms with Gasteiger partial charge in [0.1, 0.15) is 0 Å². The van der Waals surface area contributed by atoms with E-state index in [0.717, 1.165) is 0 Å². The summed E-state index contributed by atoms with van der Waals surface area (Å²) in [7, 11) is 0. The Hall–Kier alpha value is -1.43. The van der Waals surface area contributed by atoms with Gasteiger partial charge in [-0.1, -0.05) is 19.0 Å². The first-order valence-electron chi connectivity index (χ1n) is 3.43. The maximum absolute atomic E-state index is 10.7. The third-order valence-corrected chi connectivity index (χ3v) is 1.25. The molecule has 0 spiro atoms. The van der Waals surface area contributed by atoms with Gasteiger partial charge in [0.2, 0.25) is 0 Å². The molecule has 0 radical (unpaired) electrons. The van der Waals surface area contributed by atoms with Gasteiger partial charge in [0.05, 0.1) is 0 Å². The van der Waals surface area contributed by atoms with E-state index in [9.17, 15) is 4.79 Å². The zero-order valence-corrected chi connectivity index (χ0v) is 6.74. The fraction of sp³-hybridized carbons (Fsp3) is 0.500. The Kier molecular flexibility index (Phi) is 2.39. The smallest absolute Gasteiger partial charge is 0.328 e. The Morgan fingerprint density at radius 2 is 2.33 bits per heavy atom. The zero-order valence-electron chi connectivity index (χ0n) is 6.74. The molecule has 12 heavy (non-hydrogen) atoms. The van der Waals surface area contributed by atoms with Gasteiger partial charge in [-0.2, -0.15) is 4.98 Å². The van der Waals surface area contributed by atoms with Gasteiger partial charge in [0.15, 0.2) is 5.82 Å². The first kappa shape index (κ1) is 8.66. The third kappa shape index (κ3) is 1.59. The van der Waals surface area contributed by atoms with Crippen molar-refractivity contribution in [2.45, 2.75) is 19.8 Å². The largest absolute Gasteiger partial charge is 0.333 e. The van der Waals surface area contributed by atoms with E-state index < -0.39 is 5.91 Å². The molecular weight excluding hydrogens is 162 g/mol. The van der Waals surface area contributed by atoms with Crippen molar-refractivity contribution in [3.8, 4) is 0 Å². The monoisotopic (exact) mass is 171 g/mol. The van der Waals surface area contributed by atoms with Gasteiger partial charge < -0.3 is 4.52 Å². The van der Waals surface area contributed by atoms with Crippen molar-refractivity contribution >= 4 is 5.91 Å². The molecule has 0 aliphatic rings. The average Bonchev–Trinajstić information content (AvgIpc) is 2.51. The molecule has 2 N–H and O–H groups in total. The first-order chi connectivity index (χ1) is 5.65. The zero-order chi connectivity index (χ0) is 9.14. The van der Waals surface area contributed by atoms with E-state index in [1.165, 1.54) is 5.48 Å². The number of nitrogens with zero attached hydrogens (tertiary/aromatic N) is 2. The summed E-state index contributed by atoms with van der Waals surface area (Å²) in [5.41, 5.74) is 1.40. The molecule has 6 heteroatoms. The van der Waals surface area contributed by atoms with Crippen LogP contribution in [0.5, 0.6) is 0 Å². The average molecular weight is 171 g/mol. The molecule has 0 saturated heterocycles. The van der Waals surface area contributed by atoms with Gasteiger partial charge in [0, 0.05) is 5.92 Å². The van der Waals surface area contributed by atoms with Crippen LogP contribution in [0.15, 0.2) is 4.52 Å². The van der Waals surface area contributed by atoms with Gasteiger partial charge in [-0.25, -0.2) is 5.48 Å². The highest BCUT2D eigenvalue weighted by Crippen LogP contribution is 2.08. The molecule has 1 rings (SSSR count). The maximum Gasteiger partial charge on any atom is 0.333 e. The van der Waals surface area contributed by atoms with Crippen molar-refractivity contribution in [3.05, 3.63) is 11.7 Å². The molecule has 0 atom stereocenters. The Bertz CT molecular complexity index is 281. The molecule has 0 saturated carbocycles. The van der Waals surface area contributed by atoms with Crippen LogP contribution in [0.3, 0.4) is 0 Å². The van der Waals surface area contributed by atoms with Crippen LogP contribution in [0, 0.1) is 0 Å². The topological polar surface area (TPSA) is 88.2 Å². The minimum Gasteiger partial charge on any atom is -0.328 e. The summed E-state index contributed by atoms with van der Waals surface area (Å²) in [5.74, 6) is -0.502. The number of nitrogens with one attached hydrogen (secondary N) is 1. The minimum atomic E-state index is -0.797. The molecule has 0 aliphatic carbocycles. The second-order valence-corrected chi connectivity index (χ2v) is 2.55. The summed E-state index contributed by atoms with van der Waals surface area (Å²) in [6.45, 7) is 3.73. The molecular formula is C6H9N3O3. The molecule has 0 fully saturated rings. The summed E-state index contributed by atoms with van der Waals surface area (Å²) in [5, 5.41) is 11.7. The molecule has 0 aromatic carbocycles. The Morgan fingerprint density at radius 3 is 2.75 bits per heavy atom. The maximum atomic E-state index is 10.7. The molecule has 0 aliphatic heterocycles. The number of rotatable bonds is 2. The summed E-state index contributed by atoms with van der Waals surface area (Å²) < 4.78 is 4.55. The lowest BCUT2D eigenvalue weighted by atomic mass is 10.2. The number of hydrogen-bond acceptors (Lipinski definition) is 5. The van der Waals surface area contributed by atoms with Crippen molar-refractivity contribution in [3.63, 3.8) is 0 Å². The van der Waals surface area contributed by atoms with E-state index in [2.05, 4.69) is 14.7 Å². The fourth-order valence-corrected chi connectivity index (χ4v) is 0.609. The second kappa shape index (κ2) is 3.31. The Morgan fingerprint density at radius 1 is 1.67 bits per heavy atom. The van der Waals surface area contributed by atoms with Gasteiger partial charge in [-0.15, -0.1) is 0 Å². The number of carbonyl (C=O) groups excluding carboxylic acids is 1. The minimum absolute atomic E-state index is 0.0917.